The fraction of sp³-hybridized carbons (Fsp3) is 0.269. The molecule has 1 aliphatic rings. The number of aliphatic hydroxyl groups is 1. The number of aliphatic hydroxyl groups excluding tert-OH is 1. The third-order valence-corrected chi connectivity index (χ3v) is 8.04. The summed E-state index contributed by atoms with van der Waals surface area (Å²) in [6.07, 6.45) is 2.14. The maximum atomic E-state index is 13.2. The predicted octanol–water partition coefficient (Wildman–Crippen LogP) is 6.43. The molecule has 1 unspecified atom stereocenters. The highest BCUT2D eigenvalue weighted by molar-refractivity contribution is 8.00. The van der Waals surface area contributed by atoms with E-state index in [-0.39, 0.29) is 23.1 Å². The molecule has 3 aromatic rings. The summed E-state index contributed by atoms with van der Waals surface area (Å²) < 4.78 is 13.2. The Bertz CT molecular complexity index is 1050. The number of hydrogen-bond donors (Lipinski definition) is 2. The zero-order valence-corrected chi connectivity index (χ0v) is 19.5. The maximum Gasteiger partial charge on any atom is 0.234 e. The molecule has 3 aromatic carbocycles. The number of hydrogen-bond acceptors (Lipinski definition) is 4. The fourth-order valence-electron chi connectivity index (χ4n) is 3.68. The zero-order valence-electron chi connectivity index (χ0n) is 17.9. The van der Waals surface area contributed by atoms with Crippen molar-refractivity contribution in [2.75, 3.05) is 17.7 Å². The van der Waals surface area contributed by atoms with Crippen LogP contribution in [-0.2, 0) is 9.54 Å². The molecule has 3 nitrogen and oxygen atoms in total. The van der Waals surface area contributed by atoms with Gasteiger partial charge in [-0.05, 0) is 78.3 Å². The van der Waals surface area contributed by atoms with Gasteiger partial charge in [-0.25, -0.2) is 4.39 Å². The standard InChI is InChI=1S/C26H26FNO2S2/c1-2-31-22-11-3-18(4-12-22)24(17-29)25(30)28-21-9-5-19(6-10-21)26(15-16-26)32-23-13-7-20(27)8-14-23/h3-14,24,29H,2,15-17H2,1H3,(H,28,30). The molecule has 6 heteroatoms. The first-order chi connectivity index (χ1) is 15.5. The van der Waals surface area contributed by atoms with E-state index < -0.39 is 5.92 Å². The molecule has 0 bridgehead atoms. The van der Waals surface area contributed by atoms with Crippen LogP contribution < -0.4 is 5.32 Å². The molecule has 1 atom stereocenters. The summed E-state index contributed by atoms with van der Waals surface area (Å²) in [5.74, 6) is -0.0726. The van der Waals surface area contributed by atoms with Crippen molar-refractivity contribution in [2.45, 2.75) is 40.2 Å². The number of carbonyl (C=O) groups excluding carboxylic acids is 1. The van der Waals surface area contributed by atoms with Gasteiger partial charge in [0.1, 0.15) is 5.82 Å². The molecule has 0 aromatic heterocycles. The number of amides is 1. The lowest BCUT2D eigenvalue weighted by molar-refractivity contribution is -0.118. The summed E-state index contributed by atoms with van der Waals surface area (Å²) in [7, 11) is 0. The van der Waals surface area contributed by atoms with E-state index in [0.717, 1.165) is 33.9 Å². The van der Waals surface area contributed by atoms with Gasteiger partial charge in [-0.1, -0.05) is 31.2 Å². The minimum Gasteiger partial charge on any atom is -0.395 e. The van der Waals surface area contributed by atoms with E-state index >= 15 is 0 Å². The van der Waals surface area contributed by atoms with Crippen molar-refractivity contribution >= 4 is 35.1 Å². The number of thioether (sulfide) groups is 2. The highest BCUT2D eigenvalue weighted by Crippen LogP contribution is 2.59. The van der Waals surface area contributed by atoms with Crippen molar-refractivity contribution in [1.29, 1.82) is 0 Å². The van der Waals surface area contributed by atoms with E-state index in [2.05, 4.69) is 12.2 Å². The Labute approximate surface area is 196 Å². The first-order valence-electron chi connectivity index (χ1n) is 10.7. The van der Waals surface area contributed by atoms with Gasteiger partial charge < -0.3 is 10.4 Å². The smallest absolute Gasteiger partial charge is 0.234 e. The Morgan fingerprint density at radius 1 is 1.00 bits per heavy atom. The second kappa shape index (κ2) is 10.1. The zero-order chi connectivity index (χ0) is 22.6. The van der Waals surface area contributed by atoms with Crippen molar-refractivity contribution in [3.8, 4) is 0 Å². The van der Waals surface area contributed by atoms with Gasteiger partial charge in [0.25, 0.3) is 0 Å². The lowest BCUT2D eigenvalue weighted by Crippen LogP contribution is -2.24. The van der Waals surface area contributed by atoms with Crippen LogP contribution in [0.2, 0.25) is 0 Å². The molecule has 1 saturated carbocycles. The van der Waals surface area contributed by atoms with Crippen LogP contribution in [-0.4, -0.2) is 23.4 Å². The molecule has 1 aliphatic carbocycles. The summed E-state index contributed by atoms with van der Waals surface area (Å²) in [6, 6.07) is 22.3. The van der Waals surface area contributed by atoms with Gasteiger partial charge in [-0.2, -0.15) is 0 Å². The average Bonchev–Trinajstić information content (AvgIpc) is 3.58. The number of nitrogens with one attached hydrogen (secondary N) is 1. The molecule has 2 N–H and O–H groups in total. The third kappa shape index (κ3) is 5.37. The van der Waals surface area contributed by atoms with Crippen LogP contribution >= 0.6 is 23.5 Å². The minimum atomic E-state index is -0.612. The van der Waals surface area contributed by atoms with Gasteiger partial charge in [0.2, 0.25) is 5.91 Å². The summed E-state index contributed by atoms with van der Waals surface area (Å²) in [6.45, 7) is 1.85. The SMILES string of the molecule is CCSc1ccc(C(CO)C(=O)Nc2ccc(C3(Sc4ccc(F)cc4)CC3)cc2)cc1. The second-order valence-electron chi connectivity index (χ2n) is 7.85. The monoisotopic (exact) mass is 467 g/mol. The van der Waals surface area contributed by atoms with Gasteiger partial charge in [-0.15, -0.1) is 23.5 Å². The quantitative estimate of drug-likeness (QED) is 0.356. The Balaban J connectivity index is 1.41. The van der Waals surface area contributed by atoms with Crippen LogP contribution in [0.25, 0.3) is 0 Å². The van der Waals surface area contributed by atoms with Gasteiger partial charge in [-0.3, -0.25) is 4.79 Å². The Kier molecular flexibility index (Phi) is 7.23. The normalized spacial score (nSPS) is 15.2. The average molecular weight is 468 g/mol. The molecule has 1 amide bonds. The second-order valence-corrected chi connectivity index (χ2v) is 10.6. The van der Waals surface area contributed by atoms with Gasteiger partial charge >= 0.3 is 0 Å². The van der Waals surface area contributed by atoms with Crippen molar-refractivity contribution < 1.29 is 14.3 Å². The van der Waals surface area contributed by atoms with E-state index in [0.29, 0.717) is 5.69 Å². The van der Waals surface area contributed by atoms with Crippen molar-refractivity contribution in [2.24, 2.45) is 0 Å². The number of rotatable bonds is 9. The van der Waals surface area contributed by atoms with Crippen LogP contribution in [0.5, 0.6) is 0 Å². The number of benzene rings is 3. The lowest BCUT2D eigenvalue weighted by Gasteiger charge is -2.18. The van der Waals surface area contributed by atoms with Gasteiger partial charge in [0, 0.05) is 20.2 Å². The van der Waals surface area contributed by atoms with Gasteiger partial charge in [0.05, 0.1) is 12.5 Å². The van der Waals surface area contributed by atoms with Crippen molar-refractivity contribution in [3.05, 3.63) is 89.7 Å². The van der Waals surface area contributed by atoms with Gasteiger partial charge in [0.15, 0.2) is 0 Å². The number of anilines is 1. The molecule has 0 spiro atoms. The molecule has 32 heavy (non-hydrogen) atoms. The van der Waals surface area contributed by atoms with Crippen molar-refractivity contribution in [3.63, 3.8) is 0 Å². The highest BCUT2D eigenvalue weighted by atomic mass is 32.2. The first-order valence-corrected chi connectivity index (χ1v) is 12.5. The van der Waals surface area contributed by atoms with E-state index in [1.165, 1.54) is 17.7 Å². The Hall–Kier alpha value is -2.28. The predicted molar refractivity (Wildman–Crippen MR) is 131 cm³/mol. The summed E-state index contributed by atoms with van der Waals surface area (Å²) in [5, 5.41) is 12.8. The van der Waals surface area contributed by atoms with Crippen LogP contribution in [0.4, 0.5) is 10.1 Å². The maximum absolute atomic E-state index is 13.2. The summed E-state index contributed by atoms with van der Waals surface area (Å²) >= 11 is 3.50. The van der Waals surface area contributed by atoms with Crippen LogP contribution in [0.15, 0.2) is 82.6 Å². The van der Waals surface area contributed by atoms with Crippen LogP contribution in [0, 0.1) is 5.82 Å². The molecular formula is C26H26FNO2S2. The molecule has 166 valence electrons. The first kappa shape index (κ1) is 22.9. The number of halogens is 1. The topological polar surface area (TPSA) is 49.3 Å². The summed E-state index contributed by atoms with van der Waals surface area (Å²) in [5.41, 5.74) is 2.71. The number of carbonyl (C=O) groups is 1. The minimum absolute atomic E-state index is 0.0201. The molecular weight excluding hydrogens is 441 g/mol. The molecule has 0 aliphatic heterocycles. The van der Waals surface area contributed by atoms with E-state index in [1.54, 1.807) is 23.5 Å². The van der Waals surface area contributed by atoms with Crippen molar-refractivity contribution in [1.82, 2.24) is 0 Å². The van der Waals surface area contributed by atoms with Crippen LogP contribution in [0.3, 0.4) is 0 Å². The van der Waals surface area contributed by atoms with E-state index in [1.807, 2.05) is 60.7 Å². The Morgan fingerprint density at radius 2 is 1.62 bits per heavy atom. The lowest BCUT2D eigenvalue weighted by atomic mass is 9.99. The highest BCUT2D eigenvalue weighted by Gasteiger charge is 2.45. The molecule has 0 radical (unpaired) electrons. The molecule has 4 rings (SSSR count). The largest absolute Gasteiger partial charge is 0.395 e. The fourth-order valence-corrected chi connectivity index (χ4v) is 5.63. The molecule has 1 fully saturated rings. The van der Waals surface area contributed by atoms with Crippen LogP contribution in [0.1, 0.15) is 36.8 Å². The molecule has 0 saturated heterocycles. The Morgan fingerprint density at radius 3 is 2.19 bits per heavy atom. The van der Waals surface area contributed by atoms with E-state index in [4.69, 9.17) is 0 Å². The summed E-state index contributed by atoms with van der Waals surface area (Å²) in [4.78, 5) is 15.0. The molecule has 0 heterocycles. The van der Waals surface area contributed by atoms with E-state index in [9.17, 15) is 14.3 Å². The third-order valence-electron chi connectivity index (χ3n) is 5.60.